The van der Waals surface area contributed by atoms with E-state index in [1.807, 2.05) is 0 Å². The van der Waals surface area contributed by atoms with E-state index < -0.39 is 5.97 Å². The van der Waals surface area contributed by atoms with Crippen LogP contribution in [0.3, 0.4) is 0 Å². The number of carbonyl (C=O) groups excluding carboxylic acids is 1. The standard InChI is InChI=1S/C9H9NO3/c1-10-6-2-3-8(11)5(6)4-7(10)9(12)13/h4H,2-3H2,1H3,(H,12,13). The number of rotatable bonds is 1. The van der Waals surface area contributed by atoms with Gasteiger partial charge in [0, 0.05) is 24.7 Å². The molecular formula is C9H9NO3. The Morgan fingerprint density at radius 1 is 1.54 bits per heavy atom. The molecule has 13 heavy (non-hydrogen) atoms. The Kier molecular flexibility index (Phi) is 1.52. The van der Waals surface area contributed by atoms with Gasteiger partial charge in [0.25, 0.3) is 0 Å². The molecule has 0 radical (unpaired) electrons. The van der Waals surface area contributed by atoms with Crippen molar-refractivity contribution in [2.75, 3.05) is 0 Å². The topological polar surface area (TPSA) is 59.3 Å². The molecule has 1 aliphatic rings. The number of hydrogen-bond donors (Lipinski definition) is 1. The summed E-state index contributed by atoms with van der Waals surface area (Å²) in [7, 11) is 1.68. The molecule has 4 heteroatoms. The summed E-state index contributed by atoms with van der Waals surface area (Å²) in [5.74, 6) is -0.928. The predicted molar refractivity (Wildman–Crippen MR) is 45.0 cm³/mol. The number of carboxylic acid groups (broad SMARTS) is 1. The fourth-order valence-corrected chi connectivity index (χ4v) is 1.76. The second-order valence-electron chi connectivity index (χ2n) is 3.18. The highest BCUT2D eigenvalue weighted by molar-refractivity contribution is 6.02. The summed E-state index contributed by atoms with van der Waals surface area (Å²) in [6.45, 7) is 0. The van der Waals surface area contributed by atoms with Crippen molar-refractivity contribution in [3.05, 3.63) is 23.0 Å². The Bertz CT molecular complexity index is 402. The second kappa shape index (κ2) is 2.45. The molecule has 68 valence electrons. The molecule has 1 aromatic rings. The Hall–Kier alpha value is -1.58. The number of aromatic nitrogens is 1. The molecule has 1 N–H and O–H groups in total. The monoisotopic (exact) mass is 179 g/mol. The highest BCUT2D eigenvalue weighted by Gasteiger charge is 2.26. The van der Waals surface area contributed by atoms with Gasteiger partial charge < -0.3 is 9.67 Å². The van der Waals surface area contributed by atoms with Gasteiger partial charge in [0.05, 0.1) is 0 Å². The third kappa shape index (κ3) is 0.983. The molecule has 0 atom stereocenters. The number of nitrogens with zero attached hydrogens (tertiary/aromatic N) is 1. The maximum absolute atomic E-state index is 11.2. The zero-order valence-electron chi connectivity index (χ0n) is 7.20. The zero-order chi connectivity index (χ0) is 9.59. The van der Waals surface area contributed by atoms with Crippen molar-refractivity contribution in [1.29, 1.82) is 0 Å². The second-order valence-corrected chi connectivity index (χ2v) is 3.18. The van der Waals surface area contributed by atoms with Crippen LogP contribution in [-0.4, -0.2) is 21.4 Å². The molecular weight excluding hydrogens is 170 g/mol. The summed E-state index contributed by atoms with van der Waals surface area (Å²) >= 11 is 0. The fourth-order valence-electron chi connectivity index (χ4n) is 1.76. The Morgan fingerprint density at radius 2 is 2.23 bits per heavy atom. The van der Waals surface area contributed by atoms with E-state index in [0.717, 1.165) is 5.69 Å². The molecule has 0 aromatic carbocycles. The third-order valence-electron chi connectivity index (χ3n) is 2.47. The summed E-state index contributed by atoms with van der Waals surface area (Å²) in [5.41, 5.74) is 1.63. The molecule has 1 aliphatic carbocycles. The van der Waals surface area contributed by atoms with Crippen LogP contribution in [0.2, 0.25) is 0 Å². The van der Waals surface area contributed by atoms with E-state index >= 15 is 0 Å². The van der Waals surface area contributed by atoms with Crippen LogP contribution in [0.5, 0.6) is 0 Å². The highest BCUT2D eigenvalue weighted by atomic mass is 16.4. The van der Waals surface area contributed by atoms with Gasteiger partial charge in [0.2, 0.25) is 0 Å². The van der Waals surface area contributed by atoms with Crippen molar-refractivity contribution in [2.24, 2.45) is 7.05 Å². The molecule has 0 bridgehead atoms. The van der Waals surface area contributed by atoms with Crippen LogP contribution in [0.1, 0.15) is 33.0 Å². The van der Waals surface area contributed by atoms with Crippen LogP contribution in [0, 0.1) is 0 Å². The average Bonchev–Trinajstić information content (AvgIpc) is 2.55. The van der Waals surface area contributed by atoms with E-state index in [9.17, 15) is 9.59 Å². The van der Waals surface area contributed by atoms with Crippen molar-refractivity contribution in [2.45, 2.75) is 12.8 Å². The first-order valence-electron chi connectivity index (χ1n) is 4.06. The molecule has 0 spiro atoms. The molecule has 0 saturated carbocycles. The third-order valence-corrected chi connectivity index (χ3v) is 2.47. The summed E-state index contributed by atoms with van der Waals surface area (Å²) in [5, 5.41) is 8.78. The van der Waals surface area contributed by atoms with Gasteiger partial charge in [-0.3, -0.25) is 4.79 Å². The van der Waals surface area contributed by atoms with Gasteiger partial charge >= 0.3 is 5.97 Å². The number of ketones is 1. The first-order valence-corrected chi connectivity index (χ1v) is 4.06. The van der Waals surface area contributed by atoms with Crippen molar-refractivity contribution in [3.63, 3.8) is 0 Å². The van der Waals surface area contributed by atoms with E-state index in [2.05, 4.69) is 0 Å². The summed E-state index contributed by atoms with van der Waals surface area (Å²) in [6.07, 6.45) is 1.18. The largest absolute Gasteiger partial charge is 0.477 e. The first-order chi connectivity index (χ1) is 6.11. The molecule has 1 heterocycles. The van der Waals surface area contributed by atoms with Gasteiger partial charge in [-0.25, -0.2) is 4.79 Å². The van der Waals surface area contributed by atoms with E-state index in [0.29, 0.717) is 18.4 Å². The van der Waals surface area contributed by atoms with Gasteiger partial charge in [-0.1, -0.05) is 0 Å². The van der Waals surface area contributed by atoms with Crippen molar-refractivity contribution in [1.82, 2.24) is 4.57 Å². The number of hydrogen-bond acceptors (Lipinski definition) is 2. The molecule has 4 nitrogen and oxygen atoms in total. The molecule has 0 saturated heterocycles. The Balaban J connectivity index is 2.61. The van der Waals surface area contributed by atoms with Gasteiger partial charge in [-0.2, -0.15) is 0 Å². The average molecular weight is 179 g/mol. The number of aromatic carboxylic acids is 1. The maximum Gasteiger partial charge on any atom is 0.352 e. The highest BCUT2D eigenvalue weighted by Crippen LogP contribution is 2.24. The van der Waals surface area contributed by atoms with E-state index in [1.54, 1.807) is 11.6 Å². The van der Waals surface area contributed by atoms with Crippen molar-refractivity contribution in [3.8, 4) is 0 Å². The van der Waals surface area contributed by atoms with Crippen LogP contribution in [0.25, 0.3) is 0 Å². The molecule has 0 unspecified atom stereocenters. The Morgan fingerprint density at radius 3 is 2.77 bits per heavy atom. The lowest BCUT2D eigenvalue weighted by Crippen LogP contribution is -2.06. The minimum absolute atomic E-state index is 0.0538. The van der Waals surface area contributed by atoms with Crippen LogP contribution < -0.4 is 0 Å². The SMILES string of the molecule is Cn1c(C(=O)O)cc2c1CCC2=O. The number of carboxylic acids is 1. The zero-order valence-corrected chi connectivity index (χ0v) is 7.20. The van der Waals surface area contributed by atoms with E-state index in [4.69, 9.17) is 5.11 Å². The van der Waals surface area contributed by atoms with Crippen molar-refractivity contribution >= 4 is 11.8 Å². The lowest BCUT2D eigenvalue weighted by atomic mass is 10.2. The van der Waals surface area contributed by atoms with Gasteiger partial charge in [0.1, 0.15) is 5.69 Å². The number of fused-ring (bicyclic) bond motifs is 1. The van der Waals surface area contributed by atoms with Crippen LogP contribution in [0.15, 0.2) is 6.07 Å². The predicted octanol–water partition coefficient (Wildman–Crippen LogP) is 0.852. The Labute approximate surface area is 74.8 Å². The molecule has 2 rings (SSSR count). The van der Waals surface area contributed by atoms with E-state index in [1.165, 1.54) is 6.07 Å². The number of carbonyl (C=O) groups is 2. The van der Waals surface area contributed by atoms with Gasteiger partial charge in [-0.05, 0) is 12.5 Å². The van der Waals surface area contributed by atoms with Gasteiger partial charge in [-0.15, -0.1) is 0 Å². The molecule has 0 fully saturated rings. The summed E-state index contributed by atoms with van der Waals surface area (Å²) in [4.78, 5) is 21.9. The molecule has 0 aliphatic heterocycles. The minimum atomic E-state index is -0.982. The fraction of sp³-hybridized carbons (Fsp3) is 0.333. The molecule has 0 amide bonds. The lowest BCUT2D eigenvalue weighted by molar-refractivity contribution is 0.0686. The normalized spacial score (nSPS) is 14.7. The first kappa shape index (κ1) is 8.04. The maximum atomic E-state index is 11.2. The van der Waals surface area contributed by atoms with Crippen LogP contribution in [-0.2, 0) is 13.5 Å². The van der Waals surface area contributed by atoms with Gasteiger partial charge in [0.15, 0.2) is 5.78 Å². The smallest absolute Gasteiger partial charge is 0.352 e. The van der Waals surface area contributed by atoms with E-state index in [-0.39, 0.29) is 11.5 Å². The minimum Gasteiger partial charge on any atom is -0.477 e. The quantitative estimate of drug-likeness (QED) is 0.695. The summed E-state index contributed by atoms with van der Waals surface area (Å²) in [6, 6.07) is 1.47. The summed E-state index contributed by atoms with van der Waals surface area (Å²) < 4.78 is 1.59. The van der Waals surface area contributed by atoms with Crippen LogP contribution >= 0.6 is 0 Å². The van der Waals surface area contributed by atoms with Crippen LogP contribution in [0.4, 0.5) is 0 Å². The number of Topliss-reactive ketones (excluding diaryl/α,β-unsaturated/α-hetero) is 1. The molecule has 1 aromatic heterocycles. The van der Waals surface area contributed by atoms with Crippen molar-refractivity contribution < 1.29 is 14.7 Å². The lowest BCUT2D eigenvalue weighted by Gasteiger charge is -2.00.